The van der Waals surface area contributed by atoms with Crippen molar-refractivity contribution in [2.45, 2.75) is 48.1 Å². The first-order valence-electron chi connectivity index (χ1n) is 12.1. The van der Waals surface area contributed by atoms with Crippen LogP contribution in [0.2, 0.25) is 0 Å². The molecule has 1 saturated carbocycles. The van der Waals surface area contributed by atoms with Crippen molar-refractivity contribution in [3.8, 4) is 5.88 Å². The van der Waals surface area contributed by atoms with Crippen LogP contribution in [0.5, 0.6) is 5.88 Å². The van der Waals surface area contributed by atoms with E-state index < -0.39 is 5.97 Å². The first kappa shape index (κ1) is 24.1. The summed E-state index contributed by atoms with van der Waals surface area (Å²) in [7, 11) is 0. The highest BCUT2D eigenvalue weighted by Crippen LogP contribution is 2.38. The molecule has 1 aliphatic carbocycles. The average molecular weight is 505 g/mol. The molecule has 2 aliphatic rings. The predicted molar refractivity (Wildman–Crippen MR) is 138 cm³/mol. The van der Waals surface area contributed by atoms with E-state index in [9.17, 15) is 9.59 Å². The Morgan fingerprint density at radius 3 is 2.47 bits per heavy atom. The maximum atomic E-state index is 13.5. The molecule has 8 nitrogen and oxygen atoms in total. The lowest BCUT2D eigenvalue weighted by Crippen LogP contribution is -2.32. The molecule has 0 bridgehead atoms. The molecule has 2 heterocycles. The first-order chi connectivity index (χ1) is 17.5. The number of carboxylic acid groups (broad SMARTS) is 1. The summed E-state index contributed by atoms with van der Waals surface area (Å²) < 4.78 is 5.84. The summed E-state index contributed by atoms with van der Waals surface area (Å²) in [4.78, 5) is 35.9. The fourth-order valence-electron chi connectivity index (χ4n) is 4.97. The van der Waals surface area contributed by atoms with Gasteiger partial charge in [-0.05, 0) is 79.1 Å². The number of ether oxygens (including phenoxy) is 1. The quantitative estimate of drug-likeness (QED) is 0.450. The zero-order valence-corrected chi connectivity index (χ0v) is 20.6. The molecule has 36 heavy (non-hydrogen) atoms. The maximum Gasteiger partial charge on any atom is 0.303 e. The largest absolute Gasteiger partial charge is 0.481 e. The number of nitrogens with zero attached hydrogens (tertiary/aromatic N) is 3. The number of aliphatic carboxylic acids is 1. The van der Waals surface area contributed by atoms with E-state index in [2.05, 4.69) is 22.1 Å². The van der Waals surface area contributed by atoms with Gasteiger partial charge in [0.05, 0.1) is 6.54 Å². The maximum absolute atomic E-state index is 13.5. The lowest BCUT2D eigenvalue weighted by Gasteiger charge is -2.28. The minimum Gasteiger partial charge on any atom is -0.481 e. The summed E-state index contributed by atoms with van der Waals surface area (Å²) in [5, 5.41) is 9.47. The Balaban J connectivity index is 1.31. The van der Waals surface area contributed by atoms with E-state index in [0.29, 0.717) is 24.2 Å². The van der Waals surface area contributed by atoms with Gasteiger partial charge in [0, 0.05) is 17.0 Å². The fraction of sp³-hybridized carbons (Fsp3) is 0.333. The number of benzene rings is 2. The number of hydrogen-bond acceptors (Lipinski definition) is 7. The fourth-order valence-corrected chi connectivity index (χ4v) is 5.75. The van der Waals surface area contributed by atoms with E-state index in [1.165, 1.54) is 17.3 Å². The Morgan fingerprint density at radius 2 is 1.78 bits per heavy atom. The number of aromatic nitrogens is 2. The molecule has 5 rings (SSSR count). The summed E-state index contributed by atoms with van der Waals surface area (Å²) in [6, 6.07) is 17.8. The highest BCUT2D eigenvalue weighted by atomic mass is 32.2. The number of amides is 1. The summed E-state index contributed by atoms with van der Waals surface area (Å²) in [6.07, 6.45) is 4.09. The van der Waals surface area contributed by atoms with Crippen LogP contribution in [0, 0.1) is 5.92 Å². The number of rotatable bonds is 6. The van der Waals surface area contributed by atoms with Gasteiger partial charge in [-0.1, -0.05) is 30.3 Å². The second-order valence-corrected chi connectivity index (χ2v) is 10.2. The van der Waals surface area contributed by atoms with Crippen LogP contribution in [-0.4, -0.2) is 40.1 Å². The second-order valence-electron chi connectivity index (χ2n) is 9.20. The third-order valence-corrected chi connectivity index (χ3v) is 7.71. The molecule has 2 aromatic carbocycles. The summed E-state index contributed by atoms with van der Waals surface area (Å²) in [5.74, 6) is 0.00350. The Hall–Kier alpha value is -3.59. The number of nitrogens with two attached hydrogens (primary N) is 1. The van der Waals surface area contributed by atoms with Crippen molar-refractivity contribution in [2.24, 2.45) is 5.92 Å². The van der Waals surface area contributed by atoms with Crippen molar-refractivity contribution >= 4 is 35.1 Å². The molecule has 1 fully saturated rings. The number of carbonyl (C=O) groups excluding carboxylic acids is 1. The SMILES string of the molecule is Nc1nc(Sc2ccccc2)nc2c1C(=O)N(c1ccc([C@H]3CC[C@H](CC(=O)O)CC3)cc1)CCO2. The number of carboxylic acids is 1. The molecule has 0 saturated heterocycles. The van der Waals surface area contributed by atoms with Crippen molar-refractivity contribution in [1.29, 1.82) is 0 Å². The Morgan fingerprint density at radius 1 is 1.06 bits per heavy atom. The van der Waals surface area contributed by atoms with Crippen LogP contribution in [0.3, 0.4) is 0 Å². The van der Waals surface area contributed by atoms with Crippen molar-refractivity contribution in [3.05, 3.63) is 65.7 Å². The van der Waals surface area contributed by atoms with E-state index >= 15 is 0 Å². The van der Waals surface area contributed by atoms with Crippen LogP contribution in [0.25, 0.3) is 0 Å². The van der Waals surface area contributed by atoms with Gasteiger partial charge in [0.15, 0.2) is 5.16 Å². The monoisotopic (exact) mass is 504 g/mol. The highest BCUT2D eigenvalue weighted by Gasteiger charge is 2.30. The minimum atomic E-state index is -0.715. The van der Waals surface area contributed by atoms with Crippen LogP contribution >= 0.6 is 11.8 Å². The van der Waals surface area contributed by atoms with Crippen molar-refractivity contribution in [2.75, 3.05) is 23.8 Å². The Kier molecular flexibility index (Phi) is 7.09. The molecule has 0 radical (unpaired) electrons. The third-order valence-electron chi connectivity index (χ3n) is 6.83. The number of hydrogen-bond donors (Lipinski definition) is 2. The van der Waals surface area contributed by atoms with Gasteiger partial charge in [0.2, 0.25) is 5.88 Å². The lowest BCUT2D eigenvalue weighted by molar-refractivity contribution is -0.138. The summed E-state index contributed by atoms with van der Waals surface area (Å²) in [6.45, 7) is 0.662. The molecule has 3 N–H and O–H groups in total. The summed E-state index contributed by atoms with van der Waals surface area (Å²) >= 11 is 1.36. The molecule has 3 aromatic rings. The number of nitrogen functional groups attached to an aromatic ring is 1. The molecule has 0 spiro atoms. The van der Waals surface area contributed by atoms with Gasteiger partial charge in [-0.3, -0.25) is 9.59 Å². The molecule has 1 aromatic heterocycles. The van der Waals surface area contributed by atoms with Gasteiger partial charge in [-0.25, -0.2) is 4.98 Å². The van der Waals surface area contributed by atoms with E-state index in [4.69, 9.17) is 15.6 Å². The van der Waals surface area contributed by atoms with Gasteiger partial charge < -0.3 is 20.5 Å². The Bertz CT molecular complexity index is 1240. The third kappa shape index (κ3) is 5.31. The van der Waals surface area contributed by atoms with Crippen molar-refractivity contribution < 1.29 is 19.4 Å². The minimum absolute atomic E-state index is 0.102. The molecule has 0 atom stereocenters. The van der Waals surface area contributed by atoms with E-state index in [1.54, 1.807) is 4.90 Å². The van der Waals surface area contributed by atoms with Gasteiger partial charge in [-0.15, -0.1) is 0 Å². The van der Waals surface area contributed by atoms with Gasteiger partial charge >= 0.3 is 5.97 Å². The molecule has 1 aliphatic heterocycles. The standard InChI is InChI=1S/C27H28N4O4S/c28-24-23-25(30-27(29-24)36-21-4-2-1-3-5-21)35-15-14-31(26(23)34)20-12-10-19(11-13-20)18-8-6-17(7-9-18)16-22(32)33/h1-5,10-13,17-18H,6-9,14-16H2,(H,32,33)(H2,28,29,30)/t17-,18-. The zero-order chi connectivity index (χ0) is 25.1. The van der Waals surface area contributed by atoms with Crippen LogP contribution in [0.1, 0.15) is 53.9 Å². The van der Waals surface area contributed by atoms with E-state index in [1.807, 2.05) is 42.5 Å². The van der Waals surface area contributed by atoms with Crippen molar-refractivity contribution in [3.63, 3.8) is 0 Å². The smallest absolute Gasteiger partial charge is 0.303 e. The molecular weight excluding hydrogens is 476 g/mol. The highest BCUT2D eigenvalue weighted by molar-refractivity contribution is 7.99. The van der Waals surface area contributed by atoms with Gasteiger partial charge in [0.1, 0.15) is 18.0 Å². The normalized spacial score (nSPS) is 19.8. The molecule has 186 valence electrons. The number of carbonyl (C=O) groups is 2. The van der Waals surface area contributed by atoms with Gasteiger partial charge in [-0.2, -0.15) is 4.98 Å². The van der Waals surface area contributed by atoms with Crippen LogP contribution in [0.4, 0.5) is 11.5 Å². The second kappa shape index (κ2) is 10.6. The molecule has 1 amide bonds. The first-order valence-corrected chi connectivity index (χ1v) is 13.0. The predicted octanol–water partition coefficient (Wildman–Crippen LogP) is 5.00. The van der Waals surface area contributed by atoms with Crippen molar-refractivity contribution in [1.82, 2.24) is 9.97 Å². The Labute approximate surface area is 213 Å². The van der Waals surface area contributed by atoms with Crippen LogP contribution in [0.15, 0.2) is 64.6 Å². The summed E-state index contributed by atoms with van der Waals surface area (Å²) in [5.41, 5.74) is 8.40. The van der Waals surface area contributed by atoms with E-state index in [0.717, 1.165) is 36.3 Å². The molecular formula is C27H28N4O4S. The topological polar surface area (TPSA) is 119 Å². The van der Waals surface area contributed by atoms with Crippen LogP contribution in [-0.2, 0) is 4.79 Å². The zero-order valence-electron chi connectivity index (χ0n) is 19.8. The van der Waals surface area contributed by atoms with E-state index in [-0.39, 0.29) is 35.5 Å². The molecule has 9 heteroatoms. The average Bonchev–Trinajstić information content (AvgIpc) is 3.04. The lowest BCUT2D eigenvalue weighted by atomic mass is 9.77. The number of anilines is 2. The molecule has 0 unspecified atom stereocenters. The number of fused-ring (bicyclic) bond motifs is 1. The van der Waals surface area contributed by atoms with Gasteiger partial charge in [0.25, 0.3) is 5.91 Å². The van der Waals surface area contributed by atoms with Crippen LogP contribution < -0.4 is 15.4 Å².